The number of hydrogen-bond acceptors (Lipinski definition) is 6. The zero-order valence-electron chi connectivity index (χ0n) is 10.7. The number of benzene rings is 1. The standard InChI is InChI=1S/C11H13N3O4S3/c12-20(15,16)10-3-1-2-8(4-10)14-6-9-5-11(7-19-9)21(13,17)18/h1-5,7,14H,6H2,(H2,12,15,16)(H2,13,17,18). The third-order valence-corrected chi connectivity index (χ3v) is 5.48. The van der Waals surface area contributed by atoms with Crippen LogP contribution < -0.4 is 15.6 Å². The second-order valence-corrected chi connectivity index (χ2v) is 8.34. The fourth-order valence-electron chi connectivity index (χ4n) is 1.57. The minimum Gasteiger partial charge on any atom is -0.380 e. The average Bonchev–Trinajstić information content (AvgIpc) is 2.84. The molecule has 2 aromatic rings. The molecule has 0 aliphatic rings. The first-order valence-corrected chi connectivity index (χ1v) is 9.60. The van der Waals surface area contributed by atoms with Gasteiger partial charge in [-0.2, -0.15) is 0 Å². The molecule has 0 amide bonds. The number of nitrogens with one attached hydrogen (secondary N) is 1. The normalized spacial score (nSPS) is 12.3. The van der Waals surface area contributed by atoms with E-state index in [9.17, 15) is 16.8 Å². The van der Waals surface area contributed by atoms with Gasteiger partial charge in [0.1, 0.15) is 0 Å². The summed E-state index contributed by atoms with van der Waals surface area (Å²) >= 11 is 1.24. The van der Waals surface area contributed by atoms with Crippen LogP contribution in [0.1, 0.15) is 4.88 Å². The Morgan fingerprint density at radius 2 is 1.67 bits per heavy atom. The van der Waals surface area contributed by atoms with E-state index >= 15 is 0 Å². The van der Waals surface area contributed by atoms with Crippen molar-refractivity contribution in [3.05, 3.63) is 40.6 Å². The average molecular weight is 347 g/mol. The molecule has 10 heteroatoms. The van der Waals surface area contributed by atoms with E-state index in [2.05, 4.69) is 5.32 Å². The van der Waals surface area contributed by atoms with E-state index in [1.807, 2.05) is 0 Å². The van der Waals surface area contributed by atoms with Crippen molar-refractivity contribution in [1.29, 1.82) is 0 Å². The maximum Gasteiger partial charge on any atom is 0.238 e. The molecule has 21 heavy (non-hydrogen) atoms. The van der Waals surface area contributed by atoms with Crippen LogP contribution in [-0.2, 0) is 26.6 Å². The molecule has 0 aliphatic heterocycles. The van der Waals surface area contributed by atoms with Crippen LogP contribution in [0.2, 0.25) is 0 Å². The van der Waals surface area contributed by atoms with E-state index < -0.39 is 20.0 Å². The predicted octanol–water partition coefficient (Wildman–Crippen LogP) is 0.655. The van der Waals surface area contributed by atoms with Crippen molar-refractivity contribution >= 4 is 37.1 Å². The summed E-state index contributed by atoms with van der Waals surface area (Å²) in [6.45, 7) is 0.342. The van der Waals surface area contributed by atoms with Gasteiger partial charge in [-0.15, -0.1) is 11.3 Å². The van der Waals surface area contributed by atoms with Crippen LogP contribution in [0.3, 0.4) is 0 Å². The summed E-state index contributed by atoms with van der Waals surface area (Å²) in [6.07, 6.45) is 0. The van der Waals surface area contributed by atoms with E-state index in [1.54, 1.807) is 12.1 Å². The lowest BCUT2D eigenvalue weighted by Gasteiger charge is -2.06. The Balaban J connectivity index is 2.12. The van der Waals surface area contributed by atoms with Crippen molar-refractivity contribution in [2.24, 2.45) is 10.3 Å². The van der Waals surface area contributed by atoms with E-state index in [1.165, 1.54) is 34.9 Å². The van der Waals surface area contributed by atoms with E-state index in [0.717, 1.165) is 4.88 Å². The molecule has 114 valence electrons. The summed E-state index contributed by atoms with van der Waals surface area (Å²) in [5.74, 6) is 0. The van der Waals surface area contributed by atoms with Crippen LogP contribution in [0, 0.1) is 0 Å². The number of nitrogens with two attached hydrogens (primary N) is 2. The zero-order valence-corrected chi connectivity index (χ0v) is 13.1. The number of primary sulfonamides is 2. The Kier molecular flexibility index (Phi) is 4.35. The first kappa shape index (κ1) is 15.9. The molecule has 1 heterocycles. The van der Waals surface area contributed by atoms with Crippen molar-refractivity contribution in [1.82, 2.24) is 0 Å². The molecule has 0 radical (unpaired) electrons. The first-order valence-electron chi connectivity index (χ1n) is 5.63. The van der Waals surface area contributed by atoms with E-state index in [0.29, 0.717) is 12.2 Å². The Labute approximate surface area is 126 Å². The van der Waals surface area contributed by atoms with Crippen molar-refractivity contribution in [3.63, 3.8) is 0 Å². The third kappa shape index (κ3) is 4.25. The lowest BCUT2D eigenvalue weighted by molar-refractivity contribution is 0.596. The molecule has 7 nitrogen and oxygen atoms in total. The SMILES string of the molecule is NS(=O)(=O)c1cccc(NCc2cc(S(N)(=O)=O)cs2)c1. The molecule has 0 aliphatic carbocycles. The van der Waals surface area contributed by atoms with Gasteiger partial charge in [0, 0.05) is 22.5 Å². The number of anilines is 1. The first-order chi connectivity index (χ1) is 9.66. The van der Waals surface area contributed by atoms with Crippen LogP contribution in [0.25, 0.3) is 0 Å². The van der Waals surface area contributed by atoms with Gasteiger partial charge in [0.25, 0.3) is 0 Å². The van der Waals surface area contributed by atoms with Gasteiger partial charge in [0.15, 0.2) is 0 Å². The maximum absolute atomic E-state index is 11.2. The largest absolute Gasteiger partial charge is 0.380 e. The predicted molar refractivity (Wildman–Crippen MR) is 80.8 cm³/mol. The number of hydrogen-bond donors (Lipinski definition) is 3. The molecule has 2 rings (SSSR count). The lowest BCUT2D eigenvalue weighted by atomic mass is 10.3. The van der Waals surface area contributed by atoms with Crippen molar-refractivity contribution < 1.29 is 16.8 Å². The molecular weight excluding hydrogens is 334 g/mol. The highest BCUT2D eigenvalue weighted by Gasteiger charge is 2.11. The Morgan fingerprint density at radius 1 is 1.00 bits per heavy atom. The lowest BCUT2D eigenvalue weighted by Crippen LogP contribution is -2.12. The zero-order chi connectivity index (χ0) is 15.7. The summed E-state index contributed by atoms with van der Waals surface area (Å²) in [5.41, 5.74) is 0.562. The minimum atomic E-state index is -3.76. The minimum absolute atomic E-state index is 0.00362. The Bertz CT molecular complexity index is 856. The van der Waals surface area contributed by atoms with Crippen LogP contribution >= 0.6 is 11.3 Å². The van der Waals surface area contributed by atoms with Crippen LogP contribution in [-0.4, -0.2) is 16.8 Å². The fourth-order valence-corrected chi connectivity index (χ4v) is 3.88. The molecule has 0 atom stereocenters. The van der Waals surface area contributed by atoms with E-state index in [4.69, 9.17) is 10.3 Å². The number of sulfonamides is 2. The molecule has 1 aromatic carbocycles. The highest BCUT2D eigenvalue weighted by molar-refractivity contribution is 7.89. The van der Waals surface area contributed by atoms with Gasteiger partial charge in [0.2, 0.25) is 20.0 Å². The molecule has 5 N–H and O–H groups in total. The summed E-state index contributed by atoms with van der Waals surface area (Å²) in [6, 6.07) is 7.51. The van der Waals surface area contributed by atoms with Crippen molar-refractivity contribution in [2.75, 3.05) is 5.32 Å². The summed E-state index contributed by atoms with van der Waals surface area (Å²) in [7, 11) is -7.46. The third-order valence-electron chi connectivity index (χ3n) is 2.59. The second-order valence-electron chi connectivity index (χ2n) is 4.22. The van der Waals surface area contributed by atoms with Gasteiger partial charge in [-0.25, -0.2) is 27.1 Å². The topological polar surface area (TPSA) is 132 Å². The van der Waals surface area contributed by atoms with E-state index in [-0.39, 0.29) is 9.79 Å². The quantitative estimate of drug-likeness (QED) is 0.730. The Morgan fingerprint density at radius 3 is 2.24 bits per heavy atom. The molecule has 1 aromatic heterocycles. The highest BCUT2D eigenvalue weighted by atomic mass is 32.2. The molecule has 0 fully saturated rings. The van der Waals surface area contributed by atoms with Crippen LogP contribution in [0.4, 0.5) is 5.69 Å². The number of thiophene rings is 1. The Hall–Kier alpha value is -1.46. The maximum atomic E-state index is 11.2. The monoisotopic (exact) mass is 347 g/mol. The van der Waals surface area contributed by atoms with Gasteiger partial charge in [-0.05, 0) is 24.3 Å². The molecule has 0 saturated heterocycles. The number of rotatable bonds is 5. The summed E-state index contributed by atoms with van der Waals surface area (Å²) < 4.78 is 44.8. The van der Waals surface area contributed by atoms with Crippen LogP contribution in [0.5, 0.6) is 0 Å². The van der Waals surface area contributed by atoms with Gasteiger partial charge in [-0.1, -0.05) is 6.07 Å². The smallest absolute Gasteiger partial charge is 0.238 e. The molecule has 0 bridgehead atoms. The van der Waals surface area contributed by atoms with Gasteiger partial charge in [-0.3, -0.25) is 0 Å². The molecular formula is C11H13N3O4S3. The van der Waals surface area contributed by atoms with Gasteiger partial charge in [0.05, 0.1) is 9.79 Å². The van der Waals surface area contributed by atoms with Crippen molar-refractivity contribution in [2.45, 2.75) is 16.3 Å². The molecule has 0 unspecified atom stereocenters. The summed E-state index contributed by atoms with van der Waals surface area (Å²) in [5, 5.41) is 14.5. The fraction of sp³-hybridized carbons (Fsp3) is 0.0909. The molecule has 0 saturated carbocycles. The van der Waals surface area contributed by atoms with Crippen LogP contribution in [0.15, 0.2) is 45.5 Å². The van der Waals surface area contributed by atoms with Crippen molar-refractivity contribution in [3.8, 4) is 0 Å². The van der Waals surface area contributed by atoms with Gasteiger partial charge < -0.3 is 5.32 Å². The second kappa shape index (κ2) is 5.73. The highest BCUT2D eigenvalue weighted by Crippen LogP contribution is 2.20. The summed E-state index contributed by atoms with van der Waals surface area (Å²) in [4.78, 5) is 0.812. The molecule has 0 spiro atoms. The van der Waals surface area contributed by atoms with Gasteiger partial charge >= 0.3 is 0 Å².